The highest BCUT2D eigenvalue weighted by Gasteiger charge is 2.12. The summed E-state index contributed by atoms with van der Waals surface area (Å²) >= 11 is 0. The van der Waals surface area contributed by atoms with Crippen LogP contribution in [0.1, 0.15) is 15.9 Å². The van der Waals surface area contributed by atoms with Crippen LogP contribution in [-0.4, -0.2) is 17.3 Å². The Morgan fingerprint density at radius 2 is 2.29 bits per heavy atom. The first kappa shape index (κ1) is 12.0. The van der Waals surface area contributed by atoms with E-state index in [-0.39, 0.29) is 5.78 Å². The van der Waals surface area contributed by atoms with Crippen molar-refractivity contribution in [3.8, 4) is 0 Å². The third-order valence-electron chi connectivity index (χ3n) is 2.43. The van der Waals surface area contributed by atoms with E-state index in [0.717, 1.165) is 10.9 Å². The molecule has 0 fully saturated rings. The first-order chi connectivity index (χ1) is 8.08. The SMILES string of the molecule is Cc1cc2occc2cc1C(=O)CO[PH](=O)O. The Hall–Kier alpha value is -1.42. The molecule has 1 heterocycles. The van der Waals surface area contributed by atoms with E-state index < -0.39 is 14.9 Å². The van der Waals surface area contributed by atoms with Gasteiger partial charge in [0.15, 0.2) is 5.78 Å². The van der Waals surface area contributed by atoms with Crippen molar-refractivity contribution in [3.63, 3.8) is 0 Å². The van der Waals surface area contributed by atoms with Crippen molar-refractivity contribution < 1.29 is 23.2 Å². The van der Waals surface area contributed by atoms with Gasteiger partial charge in [-0.15, -0.1) is 0 Å². The standard InChI is InChI=1S/C11H11O5P/c1-7-4-11-8(2-3-15-11)5-9(7)10(12)6-16-17(13)14/h2-5,17H,6H2,1H3,(H,13,14). The van der Waals surface area contributed by atoms with E-state index in [9.17, 15) is 9.36 Å². The minimum Gasteiger partial charge on any atom is -0.464 e. The minimum atomic E-state index is -3.07. The van der Waals surface area contributed by atoms with Crippen LogP contribution in [-0.2, 0) is 9.09 Å². The van der Waals surface area contributed by atoms with Crippen LogP contribution in [0.2, 0.25) is 0 Å². The van der Waals surface area contributed by atoms with Crippen molar-refractivity contribution in [2.45, 2.75) is 6.92 Å². The summed E-state index contributed by atoms with van der Waals surface area (Å²) < 4.78 is 20.0. The van der Waals surface area contributed by atoms with E-state index >= 15 is 0 Å². The number of Topliss-reactive ketones (excluding diaryl/α,β-unsaturated/α-hetero) is 1. The van der Waals surface area contributed by atoms with Gasteiger partial charge in [-0.05, 0) is 30.7 Å². The second kappa shape index (κ2) is 4.84. The first-order valence-electron chi connectivity index (χ1n) is 4.94. The van der Waals surface area contributed by atoms with Gasteiger partial charge in [0.25, 0.3) is 0 Å². The average molecular weight is 254 g/mol. The van der Waals surface area contributed by atoms with Crippen LogP contribution in [0.25, 0.3) is 11.0 Å². The van der Waals surface area contributed by atoms with E-state index in [1.807, 2.05) is 0 Å². The van der Waals surface area contributed by atoms with Crippen LogP contribution in [0.3, 0.4) is 0 Å². The number of aryl methyl sites for hydroxylation is 1. The van der Waals surface area contributed by atoms with Crippen molar-refractivity contribution in [1.29, 1.82) is 0 Å². The van der Waals surface area contributed by atoms with Crippen LogP contribution >= 0.6 is 8.25 Å². The van der Waals surface area contributed by atoms with Gasteiger partial charge in [-0.2, -0.15) is 0 Å². The number of hydrogen-bond donors (Lipinski definition) is 1. The summed E-state index contributed by atoms with van der Waals surface area (Å²) in [6.07, 6.45) is 1.54. The lowest BCUT2D eigenvalue weighted by atomic mass is 10.0. The molecule has 0 saturated heterocycles. The van der Waals surface area contributed by atoms with E-state index in [2.05, 4.69) is 4.52 Å². The van der Waals surface area contributed by atoms with Crippen LogP contribution in [0.4, 0.5) is 0 Å². The summed E-state index contributed by atoms with van der Waals surface area (Å²) in [6.45, 7) is 1.38. The third kappa shape index (κ3) is 2.64. The van der Waals surface area contributed by atoms with Crippen molar-refractivity contribution in [2.75, 3.05) is 6.61 Å². The molecule has 1 N–H and O–H groups in total. The maximum Gasteiger partial charge on any atom is 0.317 e. The molecule has 6 heteroatoms. The number of rotatable bonds is 4. The van der Waals surface area contributed by atoms with E-state index in [1.54, 1.807) is 31.4 Å². The quantitative estimate of drug-likeness (QED) is 0.669. The molecule has 0 bridgehead atoms. The Kier molecular flexibility index (Phi) is 3.43. The molecule has 0 aliphatic heterocycles. The summed E-state index contributed by atoms with van der Waals surface area (Å²) in [5.41, 5.74) is 1.93. The molecule has 17 heavy (non-hydrogen) atoms. The van der Waals surface area contributed by atoms with Crippen molar-refractivity contribution >= 4 is 25.0 Å². The molecule has 5 nitrogen and oxygen atoms in total. The highest BCUT2D eigenvalue weighted by Crippen LogP contribution is 2.22. The Balaban J connectivity index is 2.30. The lowest BCUT2D eigenvalue weighted by molar-refractivity contribution is 0.0916. The molecule has 1 unspecified atom stereocenters. The molecule has 2 aromatic rings. The molecule has 0 amide bonds. The largest absolute Gasteiger partial charge is 0.464 e. The smallest absolute Gasteiger partial charge is 0.317 e. The molecular weight excluding hydrogens is 243 g/mol. The zero-order chi connectivity index (χ0) is 12.4. The number of carbonyl (C=O) groups is 1. The van der Waals surface area contributed by atoms with Crippen LogP contribution in [0.5, 0.6) is 0 Å². The zero-order valence-electron chi connectivity index (χ0n) is 9.10. The van der Waals surface area contributed by atoms with Gasteiger partial charge in [-0.1, -0.05) is 0 Å². The van der Waals surface area contributed by atoms with Crippen molar-refractivity contribution in [3.05, 3.63) is 35.6 Å². The molecule has 0 spiro atoms. The fourth-order valence-corrected chi connectivity index (χ4v) is 1.87. The zero-order valence-corrected chi connectivity index (χ0v) is 10.1. The van der Waals surface area contributed by atoms with Gasteiger partial charge >= 0.3 is 8.25 Å². The molecular formula is C11H11O5P. The van der Waals surface area contributed by atoms with Crippen LogP contribution in [0.15, 0.2) is 28.9 Å². The number of benzene rings is 1. The fraction of sp³-hybridized carbons (Fsp3) is 0.182. The predicted octanol–water partition coefficient (Wildman–Crippen LogP) is 2.32. The molecule has 0 aliphatic carbocycles. The number of carbonyl (C=O) groups excluding carboxylic acids is 1. The Morgan fingerprint density at radius 1 is 1.53 bits per heavy atom. The van der Waals surface area contributed by atoms with Gasteiger partial charge in [-0.3, -0.25) is 9.36 Å². The number of fused-ring (bicyclic) bond motifs is 1. The van der Waals surface area contributed by atoms with Gasteiger partial charge in [-0.25, -0.2) is 0 Å². The summed E-state index contributed by atoms with van der Waals surface area (Å²) in [7, 11) is -3.07. The highest BCUT2D eigenvalue weighted by atomic mass is 31.1. The molecule has 1 atom stereocenters. The van der Waals surface area contributed by atoms with Gasteiger partial charge in [0.05, 0.1) is 6.26 Å². The molecule has 0 aliphatic rings. The Labute approximate surface area is 97.9 Å². The number of furan rings is 1. The van der Waals surface area contributed by atoms with Crippen molar-refractivity contribution in [2.24, 2.45) is 0 Å². The normalized spacial score (nSPS) is 12.8. The van der Waals surface area contributed by atoms with E-state index in [1.165, 1.54) is 0 Å². The highest BCUT2D eigenvalue weighted by molar-refractivity contribution is 7.32. The van der Waals surface area contributed by atoms with Gasteiger partial charge in [0.1, 0.15) is 12.2 Å². The molecule has 1 aromatic heterocycles. The number of hydrogen-bond acceptors (Lipinski definition) is 4. The second-order valence-electron chi connectivity index (χ2n) is 3.60. The first-order valence-corrected chi connectivity index (χ1v) is 6.21. The maximum atomic E-state index is 11.7. The number of ketones is 1. The maximum absolute atomic E-state index is 11.7. The fourth-order valence-electron chi connectivity index (χ4n) is 1.62. The van der Waals surface area contributed by atoms with Crippen molar-refractivity contribution in [1.82, 2.24) is 0 Å². The second-order valence-corrected chi connectivity index (χ2v) is 4.42. The summed E-state index contributed by atoms with van der Waals surface area (Å²) in [5.74, 6) is -0.321. The topological polar surface area (TPSA) is 76.7 Å². The Morgan fingerprint density at radius 3 is 3.00 bits per heavy atom. The molecule has 90 valence electrons. The Bertz CT molecular complexity index is 587. The van der Waals surface area contributed by atoms with Gasteiger partial charge in [0.2, 0.25) is 0 Å². The molecule has 0 radical (unpaired) electrons. The predicted molar refractivity (Wildman–Crippen MR) is 62.5 cm³/mol. The summed E-state index contributed by atoms with van der Waals surface area (Å²) in [5, 5.41) is 0.815. The van der Waals surface area contributed by atoms with E-state index in [0.29, 0.717) is 11.1 Å². The molecule has 0 saturated carbocycles. The average Bonchev–Trinajstić information content (AvgIpc) is 2.71. The molecule has 2 rings (SSSR count). The van der Waals surface area contributed by atoms with Gasteiger partial charge in [0, 0.05) is 10.9 Å². The monoisotopic (exact) mass is 254 g/mol. The summed E-state index contributed by atoms with van der Waals surface area (Å²) in [6, 6.07) is 5.19. The lowest BCUT2D eigenvalue weighted by Crippen LogP contribution is -2.07. The minimum absolute atomic E-state index is 0.321. The van der Waals surface area contributed by atoms with Crippen LogP contribution in [0, 0.1) is 6.92 Å². The van der Waals surface area contributed by atoms with E-state index in [4.69, 9.17) is 9.31 Å². The summed E-state index contributed by atoms with van der Waals surface area (Å²) in [4.78, 5) is 20.3. The van der Waals surface area contributed by atoms with Gasteiger partial charge < -0.3 is 13.8 Å². The molecule has 1 aromatic carbocycles. The third-order valence-corrected chi connectivity index (χ3v) is 2.82. The van der Waals surface area contributed by atoms with Crippen LogP contribution < -0.4 is 0 Å². The lowest BCUT2D eigenvalue weighted by Gasteiger charge is -2.04.